The maximum atomic E-state index is 13.4. The number of carbonyl (C=O) groups excluding carboxylic acids is 1. The molecule has 2 atom stereocenters. The lowest BCUT2D eigenvalue weighted by molar-refractivity contribution is 0.0950. The molecule has 0 fully saturated rings. The second-order valence-electron chi connectivity index (χ2n) is 9.00. The Kier molecular flexibility index (Phi) is 5.01. The molecule has 0 unspecified atom stereocenters. The lowest BCUT2D eigenvalue weighted by atomic mass is 9.87. The lowest BCUT2D eigenvalue weighted by Crippen LogP contribution is -2.45. The highest BCUT2D eigenvalue weighted by Gasteiger charge is 2.38. The molecule has 35 heavy (non-hydrogen) atoms. The number of benzene rings is 3. The normalized spacial score (nSPS) is 18.4. The van der Waals surface area contributed by atoms with Crippen LogP contribution in [0.2, 0.25) is 0 Å². The van der Waals surface area contributed by atoms with Gasteiger partial charge in [0.2, 0.25) is 10.0 Å². The molecule has 1 aliphatic heterocycles. The van der Waals surface area contributed by atoms with Crippen molar-refractivity contribution in [2.24, 2.45) is 0 Å². The van der Waals surface area contributed by atoms with Crippen LogP contribution >= 0.6 is 0 Å². The molecule has 5 aromatic rings. The van der Waals surface area contributed by atoms with Gasteiger partial charge >= 0.3 is 0 Å². The van der Waals surface area contributed by atoms with Gasteiger partial charge < -0.3 is 15.3 Å². The number of aromatic nitrogens is 2. The number of carbonyl (C=O) groups is 1. The van der Waals surface area contributed by atoms with Gasteiger partial charge in [0, 0.05) is 40.1 Å². The Bertz CT molecular complexity index is 1650. The van der Waals surface area contributed by atoms with Crippen molar-refractivity contribution in [3.05, 3.63) is 101 Å². The molecule has 2 aromatic heterocycles. The van der Waals surface area contributed by atoms with Crippen LogP contribution in [-0.2, 0) is 10.0 Å². The first-order valence-electron chi connectivity index (χ1n) is 11.5. The number of sulfonamides is 1. The van der Waals surface area contributed by atoms with Crippen LogP contribution < -0.4 is 10.0 Å². The molecule has 0 spiro atoms. The molecule has 8 heteroatoms. The van der Waals surface area contributed by atoms with Crippen molar-refractivity contribution in [1.82, 2.24) is 20.0 Å². The van der Waals surface area contributed by atoms with E-state index in [0.717, 1.165) is 38.6 Å². The molecular formula is C27H24N4O3S. The van der Waals surface area contributed by atoms with Crippen LogP contribution in [-0.4, -0.2) is 36.9 Å². The van der Waals surface area contributed by atoms with E-state index < -0.39 is 22.0 Å². The fourth-order valence-corrected chi connectivity index (χ4v) is 6.25. The molecule has 4 N–H and O–H groups in total. The molecular weight excluding hydrogens is 460 g/mol. The highest BCUT2D eigenvalue weighted by Crippen LogP contribution is 2.38. The number of aryl methyl sites for hydroxylation is 1. The summed E-state index contributed by atoms with van der Waals surface area (Å²) in [5.41, 5.74) is 4.82. The molecule has 176 valence electrons. The zero-order valence-corrected chi connectivity index (χ0v) is 19.8. The van der Waals surface area contributed by atoms with Crippen LogP contribution in [0, 0.1) is 6.92 Å². The van der Waals surface area contributed by atoms with E-state index in [9.17, 15) is 13.2 Å². The largest absolute Gasteiger partial charge is 0.358 e. The summed E-state index contributed by atoms with van der Waals surface area (Å²) < 4.78 is 29.8. The summed E-state index contributed by atoms with van der Waals surface area (Å²) in [6, 6.07) is 23.8. The van der Waals surface area contributed by atoms with Crippen LogP contribution in [0.1, 0.15) is 33.2 Å². The van der Waals surface area contributed by atoms with E-state index in [1.54, 1.807) is 24.3 Å². The third-order valence-corrected chi connectivity index (χ3v) is 8.20. The molecule has 7 nitrogen and oxygen atoms in total. The average molecular weight is 485 g/mol. The van der Waals surface area contributed by atoms with Gasteiger partial charge in [0.25, 0.3) is 5.91 Å². The number of hydrogen-bond acceptors (Lipinski definition) is 3. The Balaban J connectivity index is 1.54. The van der Waals surface area contributed by atoms with Gasteiger partial charge in [-0.25, -0.2) is 13.1 Å². The van der Waals surface area contributed by atoms with Crippen molar-refractivity contribution >= 4 is 37.7 Å². The minimum absolute atomic E-state index is 0.140. The standard InChI is InChI=1S/C27H24N4O3S/c1-16-10-12-18(13-11-16)35(33,34)31-23-15-28-27(32)26-24(19-7-3-5-9-21(19)30-26)25(23)22-14-17-6-2-4-8-20(17)29-22/h2-14,23,25,29-31H,15H2,1H3,(H,28,32)/t23-,25+/m0/s1. The van der Waals surface area contributed by atoms with E-state index in [-0.39, 0.29) is 17.3 Å². The van der Waals surface area contributed by atoms with Crippen molar-refractivity contribution in [3.63, 3.8) is 0 Å². The molecule has 0 saturated carbocycles. The summed E-state index contributed by atoms with van der Waals surface area (Å²) in [5, 5.41) is 4.83. The molecule has 1 amide bonds. The molecule has 0 saturated heterocycles. The molecule has 3 heterocycles. The van der Waals surface area contributed by atoms with Gasteiger partial charge in [-0.15, -0.1) is 0 Å². The third-order valence-electron chi connectivity index (χ3n) is 6.69. The summed E-state index contributed by atoms with van der Waals surface area (Å²) in [6.45, 7) is 2.05. The topological polar surface area (TPSA) is 107 Å². The summed E-state index contributed by atoms with van der Waals surface area (Å²) in [5.74, 6) is -0.693. The van der Waals surface area contributed by atoms with Crippen molar-refractivity contribution in [1.29, 1.82) is 0 Å². The maximum Gasteiger partial charge on any atom is 0.268 e. The zero-order valence-electron chi connectivity index (χ0n) is 19.0. The highest BCUT2D eigenvalue weighted by molar-refractivity contribution is 7.89. The van der Waals surface area contributed by atoms with Gasteiger partial charge in [0.05, 0.1) is 10.9 Å². The quantitative estimate of drug-likeness (QED) is 0.307. The number of nitrogens with one attached hydrogen (secondary N) is 4. The molecule has 1 aliphatic rings. The minimum Gasteiger partial charge on any atom is -0.358 e. The SMILES string of the molecule is Cc1ccc(S(=O)(=O)N[C@H]2CNC(=O)c3[nH]c4ccccc4c3[C@@H]2c2cc3ccccc3[nH]2)cc1. The van der Waals surface area contributed by atoms with Crippen molar-refractivity contribution in [2.75, 3.05) is 6.54 Å². The number of H-pyrrole nitrogens is 2. The monoisotopic (exact) mass is 484 g/mol. The van der Waals surface area contributed by atoms with E-state index in [0.29, 0.717) is 5.69 Å². The number of rotatable bonds is 4. The van der Waals surface area contributed by atoms with E-state index in [1.165, 1.54) is 0 Å². The number of hydrogen-bond donors (Lipinski definition) is 4. The predicted octanol–water partition coefficient (Wildman–Crippen LogP) is 4.18. The van der Waals surface area contributed by atoms with Gasteiger partial charge in [-0.2, -0.15) is 0 Å². The van der Waals surface area contributed by atoms with Gasteiger partial charge in [-0.1, -0.05) is 54.1 Å². The van der Waals surface area contributed by atoms with Crippen LogP contribution in [0.25, 0.3) is 21.8 Å². The molecule has 0 bridgehead atoms. The summed E-state index contributed by atoms with van der Waals surface area (Å²) >= 11 is 0. The first-order chi connectivity index (χ1) is 16.9. The number of amides is 1. The van der Waals surface area contributed by atoms with E-state index in [1.807, 2.05) is 61.5 Å². The first kappa shape index (κ1) is 21.6. The Morgan fingerprint density at radius 1 is 0.886 bits per heavy atom. The molecule has 3 aromatic carbocycles. The number of aromatic amines is 2. The van der Waals surface area contributed by atoms with Crippen LogP contribution in [0.4, 0.5) is 0 Å². The molecule has 0 radical (unpaired) electrons. The van der Waals surface area contributed by atoms with Gasteiger partial charge in [-0.05, 0) is 42.6 Å². The smallest absolute Gasteiger partial charge is 0.268 e. The van der Waals surface area contributed by atoms with E-state index in [2.05, 4.69) is 20.0 Å². The second-order valence-corrected chi connectivity index (χ2v) is 10.7. The Hall–Kier alpha value is -3.88. The van der Waals surface area contributed by atoms with Crippen molar-refractivity contribution in [2.45, 2.75) is 23.8 Å². The summed E-state index contributed by atoms with van der Waals surface area (Å²) in [6.07, 6.45) is 0. The van der Waals surface area contributed by atoms with Gasteiger partial charge in [-0.3, -0.25) is 4.79 Å². The van der Waals surface area contributed by atoms with Gasteiger partial charge in [0.1, 0.15) is 5.69 Å². The van der Waals surface area contributed by atoms with E-state index in [4.69, 9.17) is 0 Å². The molecule has 0 aliphatic carbocycles. The first-order valence-corrected chi connectivity index (χ1v) is 12.9. The van der Waals surface area contributed by atoms with Crippen LogP contribution in [0.3, 0.4) is 0 Å². The number of para-hydroxylation sites is 2. The molecule has 6 rings (SSSR count). The lowest BCUT2D eigenvalue weighted by Gasteiger charge is -2.26. The van der Waals surface area contributed by atoms with Crippen molar-refractivity contribution in [3.8, 4) is 0 Å². The Labute approximate surface area is 202 Å². The van der Waals surface area contributed by atoms with Crippen LogP contribution in [0.15, 0.2) is 83.8 Å². The third kappa shape index (κ3) is 3.71. The van der Waals surface area contributed by atoms with Crippen LogP contribution in [0.5, 0.6) is 0 Å². The summed E-state index contributed by atoms with van der Waals surface area (Å²) in [7, 11) is -3.85. The number of fused-ring (bicyclic) bond motifs is 4. The Morgan fingerprint density at radius 3 is 2.37 bits per heavy atom. The minimum atomic E-state index is -3.85. The summed E-state index contributed by atoms with van der Waals surface area (Å²) in [4.78, 5) is 20.0. The average Bonchev–Trinajstić information content (AvgIpc) is 3.41. The maximum absolute atomic E-state index is 13.4. The highest BCUT2D eigenvalue weighted by atomic mass is 32.2. The predicted molar refractivity (Wildman–Crippen MR) is 136 cm³/mol. The fraction of sp³-hybridized carbons (Fsp3) is 0.148. The fourth-order valence-electron chi connectivity index (χ4n) is 5.01. The van der Waals surface area contributed by atoms with Crippen molar-refractivity contribution < 1.29 is 13.2 Å². The zero-order chi connectivity index (χ0) is 24.2. The van der Waals surface area contributed by atoms with Gasteiger partial charge in [0.15, 0.2) is 0 Å². The van der Waals surface area contributed by atoms with E-state index >= 15 is 0 Å². The second kappa shape index (κ2) is 8.11. The Morgan fingerprint density at radius 2 is 1.60 bits per heavy atom.